The van der Waals surface area contributed by atoms with Crippen molar-refractivity contribution in [3.05, 3.63) is 24.3 Å². The van der Waals surface area contributed by atoms with E-state index in [1.54, 1.807) is 0 Å². The van der Waals surface area contributed by atoms with Gasteiger partial charge in [-0.3, -0.25) is 9.78 Å². The van der Waals surface area contributed by atoms with Crippen LogP contribution < -0.4 is 11.5 Å². The van der Waals surface area contributed by atoms with Crippen LogP contribution in [0.2, 0.25) is 0 Å². The number of carboxylic acids is 1. The quantitative estimate of drug-likeness (QED) is 0.662. The van der Waals surface area contributed by atoms with Gasteiger partial charge in [0.2, 0.25) is 0 Å². The fourth-order valence-corrected chi connectivity index (χ4v) is 0.989. The Hall–Kier alpha value is -1.75. The number of unbranched alkanes of at least 4 members (excludes halogenated alkanes) is 1. The number of hydrogen-bond donors (Lipinski definition) is 3. The highest BCUT2D eigenvalue weighted by atomic mass is 35.5. The highest BCUT2D eigenvalue weighted by Gasteiger charge is 2.09. The number of carboxylic acid groups (broad SMARTS) is 1. The van der Waals surface area contributed by atoms with E-state index in [4.69, 9.17) is 21.8 Å². The van der Waals surface area contributed by atoms with Crippen LogP contribution in [-0.2, 0) is 4.79 Å². The molecule has 0 spiro atoms. The van der Waals surface area contributed by atoms with Gasteiger partial charge in [-0.25, -0.2) is 4.98 Å². The van der Waals surface area contributed by atoms with Gasteiger partial charge in [0.15, 0.2) is 5.69 Å². The average molecular weight is 288 g/mol. The third kappa shape index (κ3) is 11.1. The number of halogens is 1. The van der Waals surface area contributed by atoms with E-state index in [-0.39, 0.29) is 12.4 Å². The van der Waals surface area contributed by atoms with Crippen LogP contribution in [0.1, 0.15) is 25.0 Å². The molecule has 19 heavy (non-hydrogen) atoms. The molecule has 1 rings (SSSR count). The minimum atomic E-state index is -0.933. The summed E-state index contributed by atoms with van der Waals surface area (Å²) in [7, 11) is 0. The molecule has 106 valence electrons. The molecule has 0 bridgehead atoms. The Bertz CT molecular complexity index is 382. The Morgan fingerprint density at radius 2 is 2.16 bits per heavy atom. The van der Waals surface area contributed by atoms with Gasteiger partial charge >= 0.3 is 5.97 Å². The number of nitriles is 1. The van der Waals surface area contributed by atoms with Gasteiger partial charge in [-0.1, -0.05) is 6.42 Å². The zero-order chi connectivity index (χ0) is 13.8. The summed E-state index contributed by atoms with van der Waals surface area (Å²) >= 11 is 0. The zero-order valence-electron chi connectivity index (χ0n) is 10.4. The van der Waals surface area contributed by atoms with E-state index in [1.807, 2.05) is 6.07 Å². The lowest BCUT2D eigenvalue weighted by atomic mass is 10.1. The summed E-state index contributed by atoms with van der Waals surface area (Å²) in [5.41, 5.74) is 10.8. The molecule has 1 heterocycles. The molecule has 0 fully saturated rings. The number of aromatic nitrogens is 2. The van der Waals surface area contributed by atoms with Crippen LogP contribution in [0, 0.1) is 11.3 Å². The molecule has 1 aromatic heterocycles. The zero-order valence-corrected chi connectivity index (χ0v) is 11.2. The van der Waals surface area contributed by atoms with Crippen molar-refractivity contribution in [2.24, 2.45) is 11.5 Å². The van der Waals surface area contributed by atoms with Crippen LogP contribution in [0.15, 0.2) is 18.6 Å². The Morgan fingerprint density at radius 1 is 1.47 bits per heavy atom. The molecule has 7 nitrogen and oxygen atoms in total. The van der Waals surface area contributed by atoms with Crippen LogP contribution in [0.25, 0.3) is 0 Å². The van der Waals surface area contributed by atoms with E-state index in [2.05, 4.69) is 9.97 Å². The number of nitrogens with two attached hydrogens (primary N) is 2. The normalized spacial score (nSPS) is 10.2. The van der Waals surface area contributed by atoms with E-state index >= 15 is 0 Å². The fourth-order valence-electron chi connectivity index (χ4n) is 0.989. The van der Waals surface area contributed by atoms with Crippen LogP contribution in [0.5, 0.6) is 0 Å². The van der Waals surface area contributed by atoms with Gasteiger partial charge < -0.3 is 16.6 Å². The van der Waals surface area contributed by atoms with E-state index < -0.39 is 12.0 Å². The summed E-state index contributed by atoms with van der Waals surface area (Å²) in [6.07, 6.45) is 6.59. The monoisotopic (exact) mass is 287 g/mol. The maximum Gasteiger partial charge on any atom is 0.320 e. The number of rotatable bonds is 5. The average Bonchev–Trinajstić information content (AvgIpc) is 2.40. The van der Waals surface area contributed by atoms with E-state index in [9.17, 15) is 4.79 Å². The predicted molar refractivity (Wildman–Crippen MR) is 72.5 cm³/mol. The van der Waals surface area contributed by atoms with Crippen LogP contribution >= 0.6 is 12.4 Å². The van der Waals surface area contributed by atoms with Crippen molar-refractivity contribution in [2.45, 2.75) is 25.3 Å². The SMILES string of the molecule is Cl.N#Cc1cnccn1.NCCCC[C@H](N)C(=O)O. The molecule has 0 saturated heterocycles. The molecule has 0 aliphatic rings. The third-order valence-electron chi connectivity index (χ3n) is 1.96. The van der Waals surface area contributed by atoms with Crippen molar-refractivity contribution in [1.29, 1.82) is 5.26 Å². The third-order valence-corrected chi connectivity index (χ3v) is 1.96. The Kier molecular flexibility index (Phi) is 13.1. The van der Waals surface area contributed by atoms with Crippen molar-refractivity contribution in [1.82, 2.24) is 9.97 Å². The first-order valence-electron chi connectivity index (χ1n) is 5.46. The molecule has 0 saturated carbocycles. The van der Waals surface area contributed by atoms with Gasteiger partial charge in [-0.15, -0.1) is 12.4 Å². The maximum atomic E-state index is 10.1. The molecular weight excluding hydrogens is 270 g/mol. The first-order chi connectivity index (χ1) is 8.61. The maximum absolute atomic E-state index is 10.1. The number of carbonyl (C=O) groups is 1. The van der Waals surface area contributed by atoms with E-state index in [0.29, 0.717) is 18.7 Å². The molecule has 8 heteroatoms. The van der Waals surface area contributed by atoms with Gasteiger partial charge in [-0.05, 0) is 19.4 Å². The molecule has 0 aliphatic heterocycles. The Labute approximate surface area is 118 Å². The van der Waals surface area contributed by atoms with Gasteiger partial charge in [0, 0.05) is 12.4 Å². The summed E-state index contributed by atoms with van der Waals surface area (Å²) in [4.78, 5) is 17.5. The van der Waals surface area contributed by atoms with Crippen molar-refractivity contribution in [3.8, 4) is 6.07 Å². The van der Waals surface area contributed by atoms with Crippen molar-refractivity contribution >= 4 is 18.4 Å². The molecule has 0 radical (unpaired) electrons. The Morgan fingerprint density at radius 3 is 2.53 bits per heavy atom. The summed E-state index contributed by atoms with van der Waals surface area (Å²) in [5, 5.41) is 16.5. The summed E-state index contributed by atoms with van der Waals surface area (Å²) in [6.45, 7) is 0.604. The second-order valence-electron chi connectivity index (χ2n) is 3.43. The minimum Gasteiger partial charge on any atom is -0.480 e. The van der Waals surface area contributed by atoms with Crippen molar-refractivity contribution in [2.75, 3.05) is 6.54 Å². The topological polar surface area (TPSA) is 139 Å². The number of aliphatic carboxylic acids is 1. The smallest absolute Gasteiger partial charge is 0.320 e. The first-order valence-corrected chi connectivity index (χ1v) is 5.46. The van der Waals surface area contributed by atoms with E-state index in [0.717, 1.165) is 12.8 Å². The lowest BCUT2D eigenvalue weighted by Crippen LogP contribution is -2.29. The van der Waals surface area contributed by atoms with Gasteiger partial charge in [0.1, 0.15) is 12.1 Å². The first kappa shape index (κ1) is 19.6. The lowest BCUT2D eigenvalue weighted by molar-refractivity contribution is -0.138. The molecule has 5 N–H and O–H groups in total. The lowest BCUT2D eigenvalue weighted by Gasteiger charge is -2.03. The van der Waals surface area contributed by atoms with Gasteiger partial charge in [-0.2, -0.15) is 5.26 Å². The molecule has 0 unspecified atom stereocenters. The molecule has 0 aliphatic carbocycles. The second-order valence-corrected chi connectivity index (χ2v) is 3.43. The second kappa shape index (κ2) is 12.7. The van der Waals surface area contributed by atoms with Crippen LogP contribution in [0.4, 0.5) is 0 Å². The van der Waals surface area contributed by atoms with Crippen LogP contribution in [0.3, 0.4) is 0 Å². The summed E-state index contributed by atoms with van der Waals surface area (Å²) < 4.78 is 0. The van der Waals surface area contributed by atoms with Gasteiger partial charge in [0.25, 0.3) is 0 Å². The molecule has 0 aromatic carbocycles. The van der Waals surface area contributed by atoms with Crippen molar-refractivity contribution in [3.63, 3.8) is 0 Å². The minimum absolute atomic E-state index is 0. The van der Waals surface area contributed by atoms with Crippen LogP contribution in [-0.4, -0.2) is 33.6 Å². The fraction of sp³-hybridized carbons (Fsp3) is 0.455. The Balaban J connectivity index is 0. The number of hydrogen-bond acceptors (Lipinski definition) is 6. The largest absolute Gasteiger partial charge is 0.480 e. The number of nitrogens with zero attached hydrogens (tertiary/aromatic N) is 3. The molecular formula is C11H18ClN5O2. The molecule has 1 aromatic rings. The summed E-state index contributed by atoms with van der Waals surface area (Å²) in [5.74, 6) is -0.933. The summed E-state index contributed by atoms with van der Waals surface area (Å²) in [6, 6.07) is 1.14. The van der Waals surface area contributed by atoms with E-state index in [1.165, 1.54) is 18.6 Å². The van der Waals surface area contributed by atoms with Gasteiger partial charge in [0.05, 0.1) is 6.20 Å². The molecule has 0 amide bonds. The highest BCUT2D eigenvalue weighted by Crippen LogP contribution is 1.96. The molecule has 1 atom stereocenters. The van der Waals surface area contributed by atoms with Crippen molar-refractivity contribution < 1.29 is 9.90 Å². The predicted octanol–water partition coefficient (Wildman–Crippen LogP) is 0.297. The standard InChI is InChI=1S/C6H14N2O2.C5H3N3.ClH/c7-4-2-1-3-5(8)6(9)10;6-3-5-4-7-1-2-8-5;/h5H,1-4,7-8H2,(H,9,10);1-2,4H;1H/t5-;;/m0../s1. The highest BCUT2D eigenvalue weighted by molar-refractivity contribution is 5.85.